The number of amides is 3. The Morgan fingerprint density at radius 3 is 1.97 bits per heavy atom. The topological polar surface area (TPSA) is 105 Å². The second kappa shape index (κ2) is 12.5. The molecule has 0 radical (unpaired) electrons. The second-order valence-electron chi connectivity index (χ2n) is 8.18. The van der Waals surface area contributed by atoms with Gasteiger partial charge in [0.2, 0.25) is 11.8 Å². The van der Waals surface area contributed by atoms with Crippen molar-refractivity contribution in [3.63, 3.8) is 0 Å². The van der Waals surface area contributed by atoms with Crippen molar-refractivity contribution < 1.29 is 14.4 Å². The number of benzene rings is 2. The molecule has 0 aliphatic heterocycles. The Morgan fingerprint density at radius 1 is 0.844 bits per heavy atom. The van der Waals surface area contributed by atoms with E-state index in [1.807, 2.05) is 26.0 Å². The van der Waals surface area contributed by atoms with Gasteiger partial charge in [-0.3, -0.25) is 14.4 Å². The fraction of sp³-hybridized carbons (Fsp3) is 0.400. The van der Waals surface area contributed by atoms with Crippen molar-refractivity contribution in [3.05, 3.63) is 54.1 Å². The minimum absolute atomic E-state index is 0.0428. The Bertz CT molecular complexity index is 910. The van der Waals surface area contributed by atoms with Crippen LogP contribution in [0.4, 0.5) is 17.1 Å². The molecule has 2 rings (SSSR count). The van der Waals surface area contributed by atoms with Crippen LogP contribution in [0.5, 0.6) is 0 Å². The smallest absolute Gasteiger partial charge is 0.253 e. The molecule has 3 amide bonds. The summed E-state index contributed by atoms with van der Waals surface area (Å²) in [5, 5.41) is 5.68. The first-order valence-corrected chi connectivity index (χ1v) is 11.1. The molecule has 0 heterocycles. The highest BCUT2D eigenvalue weighted by Crippen LogP contribution is 2.17. The van der Waals surface area contributed by atoms with E-state index in [0.29, 0.717) is 35.5 Å². The molecule has 0 saturated heterocycles. The summed E-state index contributed by atoms with van der Waals surface area (Å²) in [4.78, 5) is 38.1. The number of rotatable bonds is 11. The van der Waals surface area contributed by atoms with Gasteiger partial charge in [-0.2, -0.15) is 0 Å². The normalized spacial score (nSPS) is 10.6. The van der Waals surface area contributed by atoms with Gasteiger partial charge >= 0.3 is 0 Å². The lowest BCUT2D eigenvalue weighted by Crippen LogP contribution is -2.32. The highest BCUT2D eigenvalue weighted by atomic mass is 16.2. The number of nitrogens with zero attached hydrogens (tertiary/aromatic N) is 1. The number of unbranched alkanes of at least 4 members (excludes halogenated alkanes) is 3. The van der Waals surface area contributed by atoms with Gasteiger partial charge in [0.05, 0.1) is 11.4 Å². The number of anilines is 3. The molecule has 0 fully saturated rings. The maximum atomic E-state index is 12.3. The van der Waals surface area contributed by atoms with Gasteiger partial charge in [0.15, 0.2) is 0 Å². The van der Waals surface area contributed by atoms with Gasteiger partial charge in [-0.1, -0.05) is 25.0 Å². The molecule has 0 spiro atoms. The van der Waals surface area contributed by atoms with E-state index in [4.69, 9.17) is 5.73 Å². The Hall–Kier alpha value is -3.35. The lowest BCUT2D eigenvalue weighted by Gasteiger charge is -2.21. The van der Waals surface area contributed by atoms with Gasteiger partial charge in [-0.15, -0.1) is 0 Å². The Balaban J connectivity index is 1.62. The van der Waals surface area contributed by atoms with Crippen LogP contribution in [-0.2, 0) is 9.59 Å². The van der Waals surface area contributed by atoms with E-state index in [1.54, 1.807) is 48.3 Å². The monoisotopic (exact) mass is 438 g/mol. The number of nitrogen functional groups attached to an aromatic ring is 1. The zero-order valence-corrected chi connectivity index (χ0v) is 19.2. The molecule has 7 heteroatoms. The summed E-state index contributed by atoms with van der Waals surface area (Å²) in [7, 11) is 1.77. The van der Waals surface area contributed by atoms with Crippen molar-refractivity contribution in [2.45, 2.75) is 58.4 Å². The predicted octanol–water partition coefficient (Wildman–Crippen LogP) is 4.67. The SMILES string of the molecule is CC(C)N(C)C(=O)c1ccc(NC(=O)CCCCCCC(=O)Nc2ccccc2N)cc1. The molecule has 2 aromatic rings. The molecule has 0 aromatic heterocycles. The molecule has 172 valence electrons. The molecule has 0 saturated carbocycles. The molecular formula is C25H34N4O3. The number of carbonyl (C=O) groups is 3. The quantitative estimate of drug-likeness (QED) is 0.350. The van der Waals surface area contributed by atoms with Crippen molar-refractivity contribution in [1.29, 1.82) is 0 Å². The number of para-hydroxylation sites is 2. The standard InChI is InChI=1S/C25H34N4O3/c1-18(2)29(3)25(32)19-14-16-20(17-15-19)27-23(30)12-6-4-5-7-13-24(31)28-22-11-9-8-10-21(22)26/h8-11,14-18H,4-7,12-13,26H2,1-3H3,(H,27,30)(H,28,31). The van der Waals surface area contributed by atoms with Gasteiger partial charge in [-0.25, -0.2) is 0 Å². The third-order valence-electron chi connectivity index (χ3n) is 5.30. The summed E-state index contributed by atoms with van der Waals surface area (Å²) in [5.74, 6) is -0.151. The summed E-state index contributed by atoms with van der Waals surface area (Å²) in [6.07, 6.45) is 4.13. The van der Waals surface area contributed by atoms with Gasteiger partial charge in [0.25, 0.3) is 5.91 Å². The predicted molar refractivity (Wildman–Crippen MR) is 129 cm³/mol. The van der Waals surface area contributed by atoms with Crippen molar-refractivity contribution >= 4 is 34.8 Å². The van der Waals surface area contributed by atoms with Crippen LogP contribution < -0.4 is 16.4 Å². The van der Waals surface area contributed by atoms with E-state index < -0.39 is 0 Å². The van der Waals surface area contributed by atoms with E-state index >= 15 is 0 Å². The van der Waals surface area contributed by atoms with Gasteiger partial charge < -0.3 is 21.3 Å². The molecule has 0 aliphatic carbocycles. The number of hydrogen-bond acceptors (Lipinski definition) is 4. The molecule has 32 heavy (non-hydrogen) atoms. The van der Waals surface area contributed by atoms with Gasteiger partial charge in [-0.05, 0) is 63.1 Å². The summed E-state index contributed by atoms with van der Waals surface area (Å²) in [5.41, 5.74) is 8.28. The molecule has 0 bridgehead atoms. The summed E-state index contributed by atoms with van der Waals surface area (Å²) in [6.45, 7) is 3.92. The average Bonchev–Trinajstić information content (AvgIpc) is 2.77. The van der Waals surface area contributed by atoms with Crippen molar-refractivity contribution in [2.24, 2.45) is 0 Å². The molecular weight excluding hydrogens is 404 g/mol. The summed E-state index contributed by atoms with van der Waals surface area (Å²) in [6, 6.07) is 14.3. The summed E-state index contributed by atoms with van der Waals surface area (Å²) >= 11 is 0. The third kappa shape index (κ3) is 8.06. The molecule has 2 aromatic carbocycles. The Kier molecular flexibility index (Phi) is 9.73. The Labute approximate surface area is 190 Å². The van der Waals surface area contributed by atoms with Crippen molar-refractivity contribution in [3.8, 4) is 0 Å². The van der Waals surface area contributed by atoms with Gasteiger partial charge in [0, 0.05) is 37.2 Å². The van der Waals surface area contributed by atoms with Crippen LogP contribution in [0, 0.1) is 0 Å². The molecule has 4 N–H and O–H groups in total. The second-order valence-corrected chi connectivity index (χ2v) is 8.18. The molecule has 7 nitrogen and oxygen atoms in total. The minimum atomic E-state index is -0.0549. The van der Waals surface area contributed by atoms with Crippen LogP contribution in [-0.4, -0.2) is 35.7 Å². The molecule has 0 atom stereocenters. The fourth-order valence-corrected chi connectivity index (χ4v) is 3.11. The maximum absolute atomic E-state index is 12.3. The molecule has 0 aliphatic rings. The van der Waals surface area contributed by atoms with Crippen LogP contribution >= 0.6 is 0 Å². The first-order valence-electron chi connectivity index (χ1n) is 11.1. The van der Waals surface area contributed by atoms with Crippen LogP contribution in [0.2, 0.25) is 0 Å². The zero-order chi connectivity index (χ0) is 23.5. The summed E-state index contributed by atoms with van der Waals surface area (Å²) < 4.78 is 0. The van der Waals surface area contributed by atoms with E-state index in [9.17, 15) is 14.4 Å². The van der Waals surface area contributed by atoms with E-state index in [0.717, 1.165) is 25.7 Å². The van der Waals surface area contributed by atoms with Crippen LogP contribution in [0.3, 0.4) is 0 Å². The van der Waals surface area contributed by atoms with Crippen LogP contribution in [0.25, 0.3) is 0 Å². The van der Waals surface area contributed by atoms with Gasteiger partial charge in [0.1, 0.15) is 0 Å². The number of hydrogen-bond donors (Lipinski definition) is 3. The van der Waals surface area contributed by atoms with Crippen molar-refractivity contribution in [1.82, 2.24) is 4.90 Å². The number of carbonyl (C=O) groups excluding carboxylic acids is 3. The first-order chi connectivity index (χ1) is 15.3. The highest BCUT2D eigenvalue weighted by Gasteiger charge is 2.14. The zero-order valence-electron chi connectivity index (χ0n) is 19.2. The van der Waals surface area contributed by atoms with E-state index in [1.165, 1.54) is 0 Å². The van der Waals surface area contributed by atoms with E-state index in [2.05, 4.69) is 10.6 Å². The first kappa shape index (κ1) is 24.9. The van der Waals surface area contributed by atoms with Crippen molar-refractivity contribution in [2.75, 3.05) is 23.4 Å². The average molecular weight is 439 g/mol. The van der Waals surface area contributed by atoms with Crippen LogP contribution in [0.1, 0.15) is 62.7 Å². The van der Waals surface area contributed by atoms with Crippen LogP contribution in [0.15, 0.2) is 48.5 Å². The molecule has 0 unspecified atom stereocenters. The number of nitrogens with two attached hydrogens (primary N) is 1. The lowest BCUT2D eigenvalue weighted by atomic mass is 10.1. The highest BCUT2D eigenvalue weighted by molar-refractivity contribution is 5.96. The lowest BCUT2D eigenvalue weighted by molar-refractivity contribution is -0.117. The Morgan fingerprint density at radius 2 is 1.41 bits per heavy atom. The van der Waals surface area contributed by atoms with E-state index in [-0.39, 0.29) is 23.8 Å². The third-order valence-corrected chi connectivity index (χ3v) is 5.30. The number of nitrogens with one attached hydrogen (secondary N) is 2. The maximum Gasteiger partial charge on any atom is 0.253 e. The fourth-order valence-electron chi connectivity index (χ4n) is 3.11. The largest absolute Gasteiger partial charge is 0.397 e. The minimum Gasteiger partial charge on any atom is -0.397 e.